The van der Waals surface area contributed by atoms with Crippen LogP contribution < -0.4 is 5.73 Å². The summed E-state index contributed by atoms with van der Waals surface area (Å²) in [6, 6.07) is 5.14. The Labute approximate surface area is 105 Å². The van der Waals surface area contributed by atoms with Gasteiger partial charge in [0.1, 0.15) is 5.82 Å². The maximum atomic E-state index is 11.2. The first-order valence-electron chi connectivity index (χ1n) is 5.74. The molecular formula is C13H15N3O2. The molecule has 0 unspecified atom stereocenters. The molecule has 5 heteroatoms. The Hall–Kier alpha value is -2.30. The van der Waals surface area contributed by atoms with Crippen LogP contribution in [0.1, 0.15) is 28.7 Å². The Morgan fingerprint density at radius 2 is 2.28 bits per heavy atom. The van der Waals surface area contributed by atoms with Gasteiger partial charge in [0.2, 0.25) is 0 Å². The number of carboxylic acid groups (broad SMARTS) is 1. The summed E-state index contributed by atoms with van der Waals surface area (Å²) in [5, 5.41) is 9.20. The fourth-order valence-electron chi connectivity index (χ4n) is 1.99. The smallest absolute Gasteiger partial charge is 0.338 e. The van der Waals surface area contributed by atoms with Crippen molar-refractivity contribution in [2.24, 2.45) is 0 Å². The summed E-state index contributed by atoms with van der Waals surface area (Å²) < 4.78 is 1.93. The van der Waals surface area contributed by atoms with Gasteiger partial charge < -0.3 is 15.4 Å². The summed E-state index contributed by atoms with van der Waals surface area (Å²) in [7, 11) is 0. The molecule has 18 heavy (non-hydrogen) atoms. The van der Waals surface area contributed by atoms with Crippen LogP contribution in [0.2, 0.25) is 0 Å². The molecule has 1 aromatic carbocycles. The minimum Gasteiger partial charge on any atom is -0.478 e. The maximum Gasteiger partial charge on any atom is 0.338 e. The predicted octanol–water partition coefficient (Wildman–Crippen LogP) is 1.77. The largest absolute Gasteiger partial charge is 0.478 e. The first-order chi connectivity index (χ1) is 8.63. The quantitative estimate of drug-likeness (QED) is 0.804. The van der Waals surface area contributed by atoms with Crippen molar-refractivity contribution in [2.45, 2.75) is 19.9 Å². The van der Waals surface area contributed by atoms with Crippen molar-refractivity contribution in [3.05, 3.63) is 47.5 Å². The average molecular weight is 245 g/mol. The molecule has 2 rings (SSSR count). The van der Waals surface area contributed by atoms with Gasteiger partial charge in [0.25, 0.3) is 0 Å². The Bertz CT molecular complexity index is 575. The number of anilines is 1. The number of nitrogens with two attached hydrogens (primary N) is 1. The number of rotatable bonds is 4. The lowest BCUT2D eigenvalue weighted by Gasteiger charge is -2.11. The number of carbonyl (C=O) groups is 1. The number of aryl methyl sites for hydroxylation is 1. The fourth-order valence-corrected chi connectivity index (χ4v) is 1.99. The molecule has 0 amide bonds. The summed E-state index contributed by atoms with van der Waals surface area (Å²) in [6.45, 7) is 2.48. The van der Waals surface area contributed by atoms with Crippen LogP contribution in [0.3, 0.4) is 0 Å². The van der Waals surface area contributed by atoms with Gasteiger partial charge >= 0.3 is 5.97 Å². The number of nitrogen functional groups attached to an aromatic ring is 1. The Morgan fingerprint density at radius 3 is 2.94 bits per heavy atom. The SMILES string of the molecule is CCc1nccn1Cc1cccc(N)c1C(=O)O. The summed E-state index contributed by atoms with van der Waals surface area (Å²) in [4.78, 5) is 15.4. The molecular weight excluding hydrogens is 230 g/mol. The van der Waals surface area contributed by atoms with Crippen LogP contribution in [0.25, 0.3) is 0 Å². The van der Waals surface area contributed by atoms with E-state index in [0.29, 0.717) is 12.1 Å². The van der Waals surface area contributed by atoms with E-state index in [1.807, 2.05) is 17.7 Å². The molecule has 94 valence electrons. The van der Waals surface area contributed by atoms with Gasteiger partial charge in [-0.1, -0.05) is 19.1 Å². The number of imidazole rings is 1. The van der Waals surface area contributed by atoms with Crippen LogP contribution in [0, 0.1) is 0 Å². The number of aromatic nitrogens is 2. The predicted molar refractivity (Wildman–Crippen MR) is 68.5 cm³/mol. The highest BCUT2D eigenvalue weighted by molar-refractivity contribution is 5.95. The lowest BCUT2D eigenvalue weighted by atomic mass is 10.1. The number of hydrogen-bond donors (Lipinski definition) is 2. The van der Waals surface area contributed by atoms with Crippen LogP contribution in [0.15, 0.2) is 30.6 Å². The molecule has 0 bridgehead atoms. The van der Waals surface area contributed by atoms with Crippen molar-refractivity contribution in [2.75, 3.05) is 5.73 Å². The molecule has 0 fully saturated rings. The van der Waals surface area contributed by atoms with Crippen LogP contribution >= 0.6 is 0 Å². The van der Waals surface area contributed by atoms with E-state index in [1.54, 1.807) is 24.4 Å². The molecule has 0 aliphatic heterocycles. The third-order valence-electron chi connectivity index (χ3n) is 2.86. The van der Waals surface area contributed by atoms with Gasteiger partial charge in [0.05, 0.1) is 5.56 Å². The van der Waals surface area contributed by atoms with E-state index in [2.05, 4.69) is 4.98 Å². The fraction of sp³-hybridized carbons (Fsp3) is 0.231. The second-order valence-corrected chi connectivity index (χ2v) is 4.01. The Balaban J connectivity index is 2.41. The van der Waals surface area contributed by atoms with Crippen molar-refractivity contribution in [1.82, 2.24) is 9.55 Å². The van der Waals surface area contributed by atoms with Gasteiger partial charge in [-0.05, 0) is 11.6 Å². The van der Waals surface area contributed by atoms with Gasteiger partial charge in [0, 0.05) is 31.0 Å². The molecule has 0 atom stereocenters. The molecule has 0 radical (unpaired) electrons. The van der Waals surface area contributed by atoms with Gasteiger partial charge in [0.15, 0.2) is 0 Å². The average Bonchev–Trinajstić information content (AvgIpc) is 2.76. The molecule has 2 aromatic rings. The normalized spacial score (nSPS) is 10.5. The molecule has 1 aromatic heterocycles. The van der Waals surface area contributed by atoms with E-state index in [-0.39, 0.29) is 11.3 Å². The van der Waals surface area contributed by atoms with Crippen LogP contribution in [-0.4, -0.2) is 20.6 Å². The zero-order valence-corrected chi connectivity index (χ0v) is 10.1. The van der Waals surface area contributed by atoms with E-state index < -0.39 is 5.97 Å². The second-order valence-electron chi connectivity index (χ2n) is 4.01. The summed E-state index contributed by atoms with van der Waals surface area (Å²) in [5.41, 5.74) is 6.87. The van der Waals surface area contributed by atoms with E-state index in [4.69, 9.17) is 5.73 Å². The van der Waals surface area contributed by atoms with Gasteiger partial charge in [-0.15, -0.1) is 0 Å². The van der Waals surface area contributed by atoms with E-state index in [9.17, 15) is 9.90 Å². The molecule has 0 aliphatic rings. The molecule has 3 N–H and O–H groups in total. The van der Waals surface area contributed by atoms with Crippen molar-refractivity contribution < 1.29 is 9.90 Å². The van der Waals surface area contributed by atoms with E-state index in [0.717, 1.165) is 12.2 Å². The monoisotopic (exact) mass is 245 g/mol. The first kappa shape index (κ1) is 12.2. The highest BCUT2D eigenvalue weighted by Crippen LogP contribution is 2.18. The number of nitrogens with zero attached hydrogens (tertiary/aromatic N) is 2. The zero-order valence-electron chi connectivity index (χ0n) is 10.1. The van der Waals surface area contributed by atoms with Crippen molar-refractivity contribution >= 4 is 11.7 Å². The minimum atomic E-state index is -0.999. The number of aromatic carboxylic acids is 1. The number of hydrogen-bond acceptors (Lipinski definition) is 3. The molecule has 1 heterocycles. The standard InChI is InChI=1S/C13H15N3O2/c1-2-11-15-6-7-16(11)8-9-4-3-5-10(14)12(9)13(17)18/h3-7H,2,8,14H2,1H3,(H,17,18). The summed E-state index contributed by atoms with van der Waals surface area (Å²) >= 11 is 0. The van der Waals surface area contributed by atoms with Gasteiger partial charge in [-0.2, -0.15) is 0 Å². The zero-order chi connectivity index (χ0) is 13.1. The van der Waals surface area contributed by atoms with Crippen LogP contribution in [0.5, 0.6) is 0 Å². The Morgan fingerprint density at radius 1 is 1.50 bits per heavy atom. The summed E-state index contributed by atoms with van der Waals surface area (Å²) in [6.07, 6.45) is 4.36. The van der Waals surface area contributed by atoms with E-state index >= 15 is 0 Å². The van der Waals surface area contributed by atoms with Crippen molar-refractivity contribution in [3.8, 4) is 0 Å². The molecule has 0 aliphatic carbocycles. The van der Waals surface area contributed by atoms with Crippen molar-refractivity contribution in [1.29, 1.82) is 0 Å². The maximum absolute atomic E-state index is 11.2. The first-order valence-corrected chi connectivity index (χ1v) is 5.74. The molecule has 5 nitrogen and oxygen atoms in total. The molecule has 0 spiro atoms. The number of benzene rings is 1. The van der Waals surface area contributed by atoms with Gasteiger partial charge in [-0.3, -0.25) is 0 Å². The lowest BCUT2D eigenvalue weighted by molar-refractivity contribution is 0.0696. The van der Waals surface area contributed by atoms with Crippen molar-refractivity contribution in [3.63, 3.8) is 0 Å². The number of carboxylic acids is 1. The molecule has 0 saturated carbocycles. The Kier molecular flexibility index (Phi) is 3.32. The van der Waals surface area contributed by atoms with E-state index in [1.165, 1.54) is 0 Å². The van der Waals surface area contributed by atoms with Crippen LogP contribution in [0.4, 0.5) is 5.69 Å². The van der Waals surface area contributed by atoms with Crippen LogP contribution in [-0.2, 0) is 13.0 Å². The second kappa shape index (κ2) is 4.91. The summed E-state index contributed by atoms with van der Waals surface area (Å²) in [5.74, 6) is -0.0740. The van der Waals surface area contributed by atoms with Gasteiger partial charge in [-0.25, -0.2) is 9.78 Å². The highest BCUT2D eigenvalue weighted by Gasteiger charge is 2.14. The topological polar surface area (TPSA) is 81.1 Å². The molecule has 0 saturated heterocycles. The highest BCUT2D eigenvalue weighted by atomic mass is 16.4. The minimum absolute atomic E-state index is 0.174. The lowest BCUT2D eigenvalue weighted by Crippen LogP contribution is -2.11. The third kappa shape index (κ3) is 2.20. The third-order valence-corrected chi connectivity index (χ3v) is 2.86.